The van der Waals surface area contributed by atoms with Crippen LogP contribution < -0.4 is 20.7 Å². The topological polar surface area (TPSA) is 96.5 Å². The number of hydrogen-bond acceptors (Lipinski definition) is 4. The number of amides is 4. The predicted octanol–water partition coefficient (Wildman–Crippen LogP) is 2.28. The van der Waals surface area contributed by atoms with E-state index >= 15 is 0 Å². The van der Waals surface area contributed by atoms with Gasteiger partial charge in [-0.1, -0.05) is 48.5 Å². The standard InChI is InChI=1S/C21H23N3O4/c1-21(19(26)23-20(27)24-21)13-12-17(25)22-18(14-8-4-3-5-9-14)15-10-6-7-11-16(15)28-2/h3-11,18H,12-13H2,1-2H3,(H,22,25)(H2,23,24,26,27)/t18-,21-/m1/s1. The van der Waals surface area contributed by atoms with Gasteiger partial charge in [0.25, 0.3) is 5.91 Å². The summed E-state index contributed by atoms with van der Waals surface area (Å²) in [5, 5.41) is 7.80. The molecule has 0 spiro atoms. The summed E-state index contributed by atoms with van der Waals surface area (Å²) >= 11 is 0. The van der Waals surface area contributed by atoms with E-state index in [2.05, 4.69) is 16.0 Å². The first kappa shape index (κ1) is 19.4. The molecule has 1 aliphatic heterocycles. The predicted molar refractivity (Wildman–Crippen MR) is 104 cm³/mol. The summed E-state index contributed by atoms with van der Waals surface area (Å²) in [5.74, 6) is 0.0237. The van der Waals surface area contributed by atoms with E-state index in [-0.39, 0.29) is 18.7 Å². The van der Waals surface area contributed by atoms with Gasteiger partial charge in [0.15, 0.2) is 0 Å². The SMILES string of the molecule is COc1ccccc1[C@H](NC(=O)CC[C@@]1(C)NC(=O)NC1=O)c1ccccc1. The molecule has 1 fully saturated rings. The maximum absolute atomic E-state index is 12.7. The summed E-state index contributed by atoms with van der Waals surface area (Å²) in [7, 11) is 1.59. The highest BCUT2D eigenvalue weighted by molar-refractivity contribution is 6.06. The van der Waals surface area contributed by atoms with Crippen LogP contribution in [0.25, 0.3) is 0 Å². The molecule has 1 heterocycles. The smallest absolute Gasteiger partial charge is 0.322 e. The molecule has 28 heavy (non-hydrogen) atoms. The van der Waals surface area contributed by atoms with Gasteiger partial charge in [-0.25, -0.2) is 4.79 Å². The Bertz CT molecular complexity index is 884. The molecule has 0 radical (unpaired) electrons. The Morgan fingerprint density at radius 2 is 1.79 bits per heavy atom. The molecule has 0 unspecified atom stereocenters. The maximum atomic E-state index is 12.7. The van der Waals surface area contributed by atoms with Crippen LogP contribution in [0.15, 0.2) is 54.6 Å². The molecule has 0 aliphatic carbocycles. The number of ether oxygens (including phenoxy) is 1. The summed E-state index contributed by atoms with van der Waals surface area (Å²) in [6.07, 6.45) is 0.284. The van der Waals surface area contributed by atoms with E-state index in [9.17, 15) is 14.4 Å². The summed E-state index contributed by atoms with van der Waals surface area (Å²) in [4.78, 5) is 36.0. The van der Waals surface area contributed by atoms with Crippen LogP contribution in [0.1, 0.15) is 36.9 Å². The zero-order valence-electron chi connectivity index (χ0n) is 15.8. The Hall–Kier alpha value is -3.35. The van der Waals surface area contributed by atoms with Crippen molar-refractivity contribution in [1.82, 2.24) is 16.0 Å². The van der Waals surface area contributed by atoms with Crippen molar-refractivity contribution in [2.45, 2.75) is 31.3 Å². The largest absolute Gasteiger partial charge is 0.496 e. The van der Waals surface area contributed by atoms with Crippen molar-refractivity contribution in [1.29, 1.82) is 0 Å². The van der Waals surface area contributed by atoms with Gasteiger partial charge in [-0.3, -0.25) is 14.9 Å². The van der Waals surface area contributed by atoms with Crippen molar-refractivity contribution in [2.75, 3.05) is 7.11 Å². The van der Waals surface area contributed by atoms with Crippen molar-refractivity contribution in [3.05, 3.63) is 65.7 Å². The lowest BCUT2D eigenvalue weighted by Gasteiger charge is -2.24. The number of urea groups is 1. The lowest BCUT2D eigenvalue weighted by molar-refractivity contribution is -0.125. The van der Waals surface area contributed by atoms with Crippen molar-refractivity contribution in [2.24, 2.45) is 0 Å². The number of carbonyl (C=O) groups is 3. The lowest BCUT2D eigenvalue weighted by atomic mass is 9.94. The fourth-order valence-corrected chi connectivity index (χ4v) is 3.24. The van der Waals surface area contributed by atoms with Crippen LogP contribution in [0.4, 0.5) is 4.79 Å². The molecule has 1 saturated heterocycles. The van der Waals surface area contributed by atoms with E-state index in [1.54, 1.807) is 14.0 Å². The molecule has 0 bridgehead atoms. The van der Waals surface area contributed by atoms with Crippen LogP contribution in [0, 0.1) is 0 Å². The van der Waals surface area contributed by atoms with Gasteiger partial charge in [-0.05, 0) is 25.0 Å². The fourth-order valence-electron chi connectivity index (χ4n) is 3.24. The van der Waals surface area contributed by atoms with Crippen molar-refractivity contribution in [3.8, 4) is 5.75 Å². The van der Waals surface area contributed by atoms with Crippen molar-refractivity contribution in [3.63, 3.8) is 0 Å². The zero-order chi connectivity index (χ0) is 20.1. The van der Waals surface area contributed by atoms with E-state index in [0.29, 0.717) is 5.75 Å². The number of methoxy groups -OCH3 is 1. The summed E-state index contributed by atoms with van der Waals surface area (Å²) in [5.41, 5.74) is 0.669. The molecule has 3 rings (SSSR count). The third-order valence-electron chi connectivity index (χ3n) is 4.86. The summed E-state index contributed by atoms with van der Waals surface area (Å²) < 4.78 is 5.46. The highest BCUT2D eigenvalue weighted by atomic mass is 16.5. The second-order valence-corrected chi connectivity index (χ2v) is 6.89. The minimum absolute atomic E-state index is 0.0860. The highest BCUT2D eigenvalue weighted by Gasteiger charge is 2.41. The number of benzene rings is 2. The number of para-hydroxylation sites is 1. The van der Waals surface area contributed by atoms with E-state index in [1.165, 1.54) is 0 Å². The molecule has 1 aliphatic rings. The monoisotopic (exact) mass is 381 g/mol. The van der Waals surface area contributed by atoms with Crippen LogP contribution in [-0.2, 0) is 9.59 Å². The zero-order valence-corrected chi connectivity index (χ0v) is 15.8. The Kier molecular flexibility index (Phi) is 5.63. The quantitative estimate of drug-likeness (QED) is 0.641. The van der Waals surface area contributed by atoms with Gasteiger partial charge in [-0.15, -0.1) is 0 Å². The molecule has 7 nitrogen and oxygen atoms in total. The molecule has 0 saturated carbocycles. The van der Waals surface area contributed by atoms with Gasteiger partial charge >= 0.3 is 6.03 Å². The Morgan fingerprint density at radius 1 is 1.11 bits per heavy atom. The van der Waals surface area contributed by atoms with Crippen LogP contribution in [0.3, 0.4) is 0 Å². The molecule has 3 N–H and O–H groups in total. The lowest BCUT2D eigenvalue weighted by Crippen LogP contribution is -2.44. The molecular formula is C21H23N3O4. The Morgan fingerprint density at radius 3 is 2.43 bits per heavy atom. The average molecular weight is 381 g/mol. The van der Waals surface area contributed by atoms with E-state index in [0.717, 1.165) is 11.1 Å². The van der Waals surface area contributed by atoms with Crippen molar-refractivity contribution >= 4 is 17.8 Å². The minimum atomic E-state index is -1.08. The van der Waals surface area contributed by atoms with Gasteiger partial charge in [0.05, 0.1) is 13.2 Å². The number of nitrogens with one attached hydrogen (secondary N) is 3. The first-order chi connectivity index (χ1) is 13.4. The third kappa shape index (κ3) is 4.14. The molecule has 7 heteroatoms. The molecule has 0 aromatic heterocycles. The van der Waals surface area contributed by atoms with Gasteiger partial charge < -0.3 is 15.4 Å². The van der Waals surface area contributed by atoms with Crippen LogP contribution >= 0.6 is 0 Å². The number of carbonyl (C=O) groups excluding carboxylic acids is 3. The average Bonchev–Trinajstić information content (AvgIpc) is 2.97. The third-order valence-corrected chi connectivity index (χ3v) is 4.86. The summed E-state index contributed by atoms with van der Waals surface area (Å²) in [6, 6.07) is 16.2. The highest BCUT2D eigenvalue weighted by Crippen LogP contribution is 2.30. The second kappa shape index (κ2) is 8.12. The van der Waals surface area contributed by atoms with Crippen molar-refractivity contribution < 1.29 is 19.1 Å². The van der Waals surface area contributed by atoms with Gasteiger partial charge in [0, 0.05) is 12.0 Å². The molecule has 2 aromatic rings. The van der Waals surface area contributed by atoms with Gasteiger partial charge in [0.2, 0.25) is 5.91 Å². The summed E-state index contributed by atoms with van der Waals surface area (Å²) in [6.45, 7) is 1.61. The Labute approximate surface area is 163 Å². The fraction of sp³-hybridized carbons (Fsp3) is 0.286. The molecule has 146 valence electrons. The van der Waals surface area contributed by atoms with Gasteiger partial charge in [0.1, 0.15) is 11.3 Å². The molecule has 2 aromatic carbocycles. The first-order valence-corrected chi connectivity index (χ1v) is 9.04. The minimum Gasteiger partial charge on any atom is -0.496 e. The molecule has 2 atom stereocenters. The first-order valence-electron chi connectivity index (χ1n) is 9.04. The van der Waals surface area contributed by atoms with Crippen LogP contribution in [-0.4, -0.2) is 30.5 Å². The van der Waals surface area contributed by atoms with E-state index in [4.69, 9.17) is 4.74 Å². The maximum Gasteiger partial charge on any atom is 0.322 e. The second-order valence-electron chi connectivity index (χ2n) is 6.89. The van der Waals surface area contributed by atoms with Gasteiger partial charge in [-0.2, -0.15) is 0 Å². The number of imide groups is 1. The molecular weight excluding hydrogens is 358 g/mol. The molecule has 4 amide bonds. The number of rotatable bonds is 7. The normalized spacial score (nSPS) is 19.5. The van der Waals surface area contributed by atoms with E-state index in [1.807, 2.05) is 54.6 Å². The number of hydrogen-bond donors (Lipinski definition) is 3. The van der Waals surface area contributed by atoms with Crippen LogP contribution in [0.5, 0.6) is 5.75 Å². The van der Waals surface area contributed by atoms with E-state index < -0.39 is 23.5 Å². The Balaban J connectivity index is 1.77. The van der Waals surface area contributed by atoms with Crippen LogP contribution in [0.2, 0.25) is 0 Å².